The van der Waals surface area contributed by atoms with Crippen molar-refractivity contribution in [2.45, 2.75) is 16.2 Å². The van der Waals surface area contributed by atoms with Crippen molar-refractivity contribution in [2.75, 3.05) is 0 Å². The van der Waals surface area contributed by atoms with Crippen LogP contribution < -0.4 is 4.74 Å². The van der Waals surface area contributed by atoms with E-state index >= 15 is 0 Å². The SMILES string of the molecule is Fc1ccc(C2Sc3cc(F)ccc3N=C3c4ccccc4OC(c4ccccc4)C32)cc1. The molecule has 4 aromatic carbocycles. The lowest BCUT2D eigenvalue weighted by Crippen LogP contribution is -2.35. The number of benzene rings is 4. The molecule has 0 saturated heterocycles. The highest BCUT2D eigenvalue weighted by Gasteiger charge is 2.44. The average Bonchev–Trinajstić information content (AvgIpc) is 3.02. The van der Waals surface area contributed by atoms with Crippen LogP contribution in [0.4, 0.5) is 14.5 Å². The molecule has 2 aliphatic rings. The van der Waals surface area contributed by atoms with Gasteiger partial charge in [0.05, 0.1) is 17.3 Å². The third-order valence-electron chi connectivity index (χ3n) is 6.13. The lowest BCUT2D eigenvalue weighted by molar-refractivity contribution is 0.156. The van der Waals surface area contributed by atoms with E-state index in [4.69, 9.17) is 9.73 Å². The zero-order valence-electron chi connectivity index (χ0n) is 17.5. The monoisotopic (exact) mass is 455 g/mol. The fraction of sp³-hybridized carbons (Fsp3) is 0.107. The molecular formula is C28H19F2NOS. The predicted molar refractivity (Wildman–Crippen MR) is 127 cm³/mol. The average molecular weight is 456 g/mol. The first-order valence-corrected chi connectivity index (χ1v) is 11.7. The second-order valence-corrected chi connectivity index (χ2v) is 9.35. The van der Waals surface area contributed by atoms with E-state index in [1.807, 2.05) is 42.5 Å². The number of hydrogen-bond donors (Lipinski definition) is 0. The summed E-state index contributed by atoms with van der Waals surface area (Å²) in [6, 6.07) is 29.2. The molecule has 0 spiro atoms. The summed E-state index contributed by atoms with van der Waals surface area (Å²) >= 11 is 1.55. The van der Waals surface area contributed by atoms with Gasteiger partial charge in [-0.05, 0) is 53.6 Å². The fourth-order valence-corrected chi connectivity index (χ4v) is 6.01. The second-order valence-electron chi connectivity index (χ2n) is 8.17. The van der Waals surface area contributed by atoms with Crippen molar-refractivity contribution in [3.8, 4) is 5.75 Å². The lowest BCUT2D eigenvalue weighted by Gasteiger charge is -2.38. The first-order chi connectivity index (χ1) is 16.2. The Labute approximate surface area is 195 Å². The third-order valence-corrected chi connectivity index (χ3v) is 7.53. The van der Waals surface area contributed by atoms with Crippen LogP contribution in [0.15, 0.2) is 107 Å². The predicted octanol–water partition coefficient (Wildman–Crippen LogP) is 7.68. The summed E-state index contributed by atoms with van der Waals surface area (Å²) in [5, 5.41) is -0.161. The van der Waals surface area contributed by atoms with Crippen LogP contribution in [0.1, 0.15) is 28.0 Å². The largest absolute Gasteiger partial charge is 0.484 e. The molecule has 3 unspecified atom stereocenters. The minimum atomic E-state index is -0.305. The minimum absolute atomic E-state index is 0.161. The van der Waals surface area contributed by atoms with E-state index in [-0.39, 0.29) is 28.9 Å². The maximum atomic E-state index is 14.2. The van der Waals surface area contributed by atoms with E-state index in [2.05, 4.69) is 12.1 Å². The van der Waals surface area contributed by atoms with E-state index in [1.165, 1.54) is 24.3 Å². The maximum Gasteiger partial charge on any atom is 0.134 e. The maximum absolute atomic E-state index is 14.2. The summed E-state index contributed by atoms with van der Waals surface area (Å²) in [5.74, 6) is 0.00554. The highest BCUT2D eigenvalue weighted by Crippen LogP contribution is 2.55. The van der Waals surface area contributed by atoms with Crippen LogP contribution in [0.3, 0.4) is 0 Å². The molecule has 3 atom stereocenters. The number of hydrogen-bond acceptors (Lipinski definition) is 3. The summed E-state index contributed by atoms with van der Waals surface area (Å²) in [6.07, 6.45) is -0.304. The Morgan fingerprint density at radius 3 is 2.27 bits per heavy atom. The standard InChI is InChI=1S/C28H19F2NOS/c29-19-12-10-18(11-13-19)28-25-26(31-22-15-14-20(30)16-24(22)33-28)21-8-4-5-9-23(21)32-27(25)17-6-2-1-3-7-17/h1-16,25,27-28H. The molecule has 5 heteroatoms. The second kappa shape index (κ2) is 8.16. The summed E-state index contributed by atoms with van der Waals surface area (Å²) in [4.78, 5) is 5.85. The van der Waals surface area contributed by atoms with Crippen LogP contribution in [0.5, 0.6) is 5.75 Å². The van der Waals surface area contributed by atoms with Gasteiger partial charge in [-0.1, -0.05) is 54.6 Å². The van der Waals surface area contributed by atoms with Crippen LogP contribution in [0.25, 0.3) is 0 Å². The number of para-hydroxylation sites is 1. The molecule has 2 aliphatic heterocycles. The molecule has 6 rings (SSSR count). The van der Waals surface area contributed by atoms with Gasteiger partial charge in [0, 0.05) is 15.7 Å². The zero-order chi connectivity index (χ0) is 22.4. The Morgan fingerprint density at radius 2 is 1.45 bits per heavy atom. The van der Waals surface area contributed by atoms with Gasteiger partial charge < -0.3 is 4.74 Å². The van der Waals surface area contributed by atoms with E-state index in [0.717, 1.165) is 38.7 Å². The van der Waals surface area contributed by atoms with Crippen molar-refractivity contribution >= 4 is 23.2 Å². The summed E-state index contributed by atoms with van der Waals surface area (Å²) in [6.45, 7) is 0. The van der Waals surface area contributed by atoms with E-state index in [0.29, 0.717) is 0 Å². The molecule has 0 radical (unpaired) electrons. The number of ether oxygens (including phenoxy) is 1. The van der Waals surface area contributed by atoms with Gasteiger partial charge in [0.15, 0.2) is 0 Å². The van der Waals surface area contributed by atoms with Crippen molar-refractivity contribution in [1.82, 2.24) is 0 Å². The van der Waals surface area contributed by atoms with Gasteiger partial charge in [0.25, 0.3) is 0 Å². The Hall–Kier alpha value is -3.44. The minimum Gasteiger partial charge on any atom is -0.484 e. The molecule has 0 N–H and O–H groups in total. The third kappa shape index (κ3) is 3.62. The summed E-state index contributed by atoms with van der Waals surface area (Å²) in [5.41, 5.74) is 4.54. The van der Waals surface area contributed by atoms with Crippen LogP contribution in [0, 0.1) is 17.6 Å². The summed E-state index contributed by atoms with van der Waals surface area (Å²) in [7, 11) is 0. The number of rotatable bonds is 2. The van der Waals surface area contributed by atoms with E-state index < -0.39 is 0 Å². The summed E-state index contributed by atoms with van der Waals surface area (Å²) < 4.78 is 34.6. The van der Waals surface area contributed by atoms with Crippen LogP contribution >= 0.6 is 11.8 Å². The van der Waals surface area contributed by atoms with Gasteiger partial charge in [-0.15, -0.1) is 11.8 Å². The molecular weight excluding hydrogens is 436 g/mol. The van der Waals surface area contributed by atoms with Gasteiger partial charge in [-0.25, -0.2) is 8.78 Å². The Balaban J connectivity index is 1.62. The first-order valence-electron chi connectivity index (χ1n) is 10.8. The molecule has 33 heavy (non-hydrogen) atoms. The van der Waals surface area contributed by atoms with E-state index in [1.54, 1.807) is 30.0 Å². The normalized spacial score (nSPS) is 21.0. The fourth-order valence-electron chi connectivity index (χ4n) is 4.61. The molecule has 4 aromatic rings. The molecule has 0 fully saturated rings. The molecule has 2 heterocycles. The van der Waals surface area contributed by atoms with Crippen molar-refractivity contribution in [1.29, 1.82) is 0 Å². The molecule has 0 amide bonds. The number of nitrogens with zero attached hydrogens (tertiary/aromatic N) is 1. The van der Waals surface area contributed by atoms with Gasteiger partial charge >= 0.3 is 0 Å². The highest BCUT2D eigenvalue weighted by atomic mass is 32.2. The van der Waals surface area contributed by atoms with Gasteiger partial charge in [0.2, 0.25) is 0 Å². The van der Waals surface area contributed by atoms with Gasteiger partial charge in [-0.2, -0.15) is 0 Å². The van der Waals surface area contributed by atoms with Crippen LogP contribution in [-0.4, -0.2) is 5.71 Å². The van der Waals surface area contributed by atoms with E-state index in [9.17, 15) is 8.78 Å². The Kier molecular flexibility index (Phi) is 4.99. The molecule has 162 valence electrons. The van der Waals surface area contributed by atoms with Crippen LogP contribution in [0.2, 0.25) is 0 Å². The molecule has 0 saturated carbocycles. The number of thioether (sulfide) groups is 1. The van der Waals surface area contributed by atoms with Gasteiger partial charge in [-0.3, -0.25) is 4.99 Å². The topological polar surface area (TPSA) is 21.6 Å². The molecule has 0 aromatic heterocycles. The van der Waals surface area contributed by atoms with Crippen molar-refractivity contribution in [3.63, 3.8) is 0 Å². The Bertz CT molecular complexity index is 1350. The van der Waals surface area contributed by atoms with Crippen LogP contribution in [-0.2, 0) is 0 Å². The van der Waals surface area contributed by atoms with Crippen molar-refractivity contribution < 1.29 is 13.5 Å². The van der Waals surface area contributed by atoms with Crippen molar-refractivity contribution in [3.05, 3.63) is 125 Å². The molecule has 0 aliphatic carbocycles. The molecule has 2 nitrogen and oxygen atoms in total. The van der Waals surface area contributed by atoms with Gasteiger partial charge in [0.1, 0.15) is 23.5 Å². The lowest BCUT2D eigenvalue weighted by atomic mass is 9.80. The quantitative estimate of drug-likeness (QED) is 0.309. The first kappa shape index (κ1) is 20.2. The molecule has 0 bridgehead atoms. The zero-order valence-corrected chi connectivity index (χ0v) is 18.3. The smallest absolute Gasteiger partial charge is 0.134 e. The highest BCUT2D eigenvalue weighted by molar-refractivity contribution is 7.99. The number of halogens is 2. The Morgan fingerprint density at radius 1 is 0.727 bits per heavy atom. The number of aliphatic imine (C=N–C) groups is 1. The van der Waals surface area contributed by atoms with Crippen molar-refractivity contribution in [2.24, 2.45) is 10.9 Å². The number of fused-ring (bicyclic) bond motifs is 4.